The molecule has 19 heavy (non-hydrogen) atoms. The molecule has 0 saturated carbocycles. The molecule has 0 aromatic heterocycles. The molecule has 0 saturated heterocycles. The molecule has 0 aliphatic heterocycles. The Morgan fingerprint density at radius 3 is 2.42 bits per heavy atom. The second-order valence-electron chi connectivity index (χ2n) is 4.64. The highest BCUT2D eigenvalue weighted by atomic mass is 35.5. The molecule has 0 unspecified atom stereocenters. The average molecular weight is 307 g/mol. The lowest BCUT2D eigenvalue weighted by Gasteiger charge is -2.10. The summed E-state index contributed by atoms with van der Waals surface area (Å²) in [6.45, 7) is 4.92. The second kappa shape index (κ2) is 7.56. The molecule has 3 nitrogen and oxygen atoms in total. The molecule has 1 rings (SSSR count). The van der Waals surface area contributed by atoms with Gasteiger partial charge in [-0.05, 0) is 24.5 Å². The Balaban J connectivity index is 2.42. The van der Waals surface area contributed by atoms with Crippen LogP contribution in [0.5, 0.6) is 0 Å². The molecule has 0 atom stereocenters. The van der Waals surface area contributed by atoms with E-state index in [1.165, 1.54) is 12.1 Å². The van der Waals surface area contributed by atoms with Crippen molar-refractivity contribution in [2.24, 2.45) is 5.92 Å². The molecule has 2 N–H and O–H groups in total. The van der Waals surface area contributed by atoms with Gasteiger partial charge in [-0.3, -0.25) is 4.79 Å². The Hall–Kier alpha value is -1.00. The van der Waals surface area contributed by atoms with E-state index in [1.807, 2.05) is 0 Å². The predicted molar refractivity (Wildman–Crippen MR) is 77.4 cm³/mol. The molecular formula is C13H17Cl2FN2O. The first-order valence-corrected chi connectivity index (χ1v) is 6.81. The van der Waals surface area contributed by atoms with Gasteiger partial charge in [0, 0.05) is 12.2 Å². The molecule has 1 aromatic carbocycles. The quantitative estimate of drug-likeness (QED) is 0.787. The highest BCUT2D eigenvalue weighted by Gasteiger charge is 2.08. The summed E-state index contributed by atoms with van der Waals surface area (Å²) in [6.07, 6.45) is 0.931. The highest BCUT2D eigenvalue weighted by Crippen LogP contribution is 2.27. The van der Waals surface area contributed by atoms with Crippen LogP contribution in [0.15, 0.2) is 12.1 Å². The fourth-order valence-electron chi connectivity index (χ4n) is 1.40. The molecule has 0 bridgehead atoms. The minimum absolute atomic E-state index is 0.0739. The lowest BCUT2D eigenvalue weighted by Crippen LogP contribution is -2.31. The van der Waals surface area contributed by atoms with Crippen molar-refractivity contribution in [2.45, 2.75) is 20.3 Å². The summed E-state index contributed by atoms with van der Waals surface area (Å²) in [5.41, 5.74) is 0.510. The Morgan fingerprint density at radius 1 is 1.32 bits per heavy atom. The number of benzene rings is 1. The van der Waals surface area contributed by atoms with Gasteiger partial charge in [0.1, 0.15) is 0 Å². The third kappa shape index (κ3) is 5.66. The van der Waals surface area contributed by atoms with E-state index in [0.717, 1.165) is 6.42 Å². The van der Waals surface area contributed by atoms with E-state index >= 15 is 0 Å². The van der Waals surface area contributed by atoms with Gasteiger partial charge in [0.15, 0.2) is 5.82 Å². The van der Waals surface area contributed by atoms with Gasteiger partial charge < -0.3 is 10.6 Å². The average Bonchev–Trinajstić information content (AvgIpc) is 2.32. The fraction of sp³-hybridized carbons (Fsp3) is 0.462. The minimum Gasteiger partial charge on any atom is -0.376 e. The lowest BCUT2D eigenvalue weighted by molar-refractivity contribution is -0.119. The molecule has 0 fully saturated rings. The zero-order chi connectivity index (χ0) is 14.4. The predicted octanol–water partition coefficient (Wildman–Crippen LogP) is 3.71. The van der Waals surface area contributed by atoms with Crippen molar-refractivity contribution in [1.82, 2.24) is 5.32 Å². The molecule has 0 radical (unpaired) electrons. The molecule has 1 amide bonds. The molecule has 106 valence electrons. The van der Waals surface area contributed by atoms with Gasteiger partial charge in [0.25, 0.3) is 0 Å². The standard InChI is InChI=1S/C13H17Cl2FN2O/c1-8(2)3-4-17-12(19)7-18-9-5-10(14)13(16)11(15)6-9/h5-6,8,18H,3-4,7H2,1-2H3,(H,17,19). The molecule has 0 spiro atoms. The normalized spacial score (nSPS) is 10.6. The van der Waals surface area contributed by atoms with Crippen LogP contribution in [0.4, 0.5) is 10.1 Å². The van der Waals surface area contributed by atoms with E-state index in [4.69, 9.17) is 23.2 Å². The van der Waals surface area contributed by atoms with Gasteiger partial charge >= 0.3 is 0 Å². The van der Waals surface area contributed by atoms with Crippen LogP contribution >= 0.6 is 23.2 Å². The van der Waals surface area contributed by atoms with Crippen LogP contribution in [-0.2, 0) is 4.79 Å². The highest BCUT2D eigenvalue weighted by molar-refractivity contribution is 6.35. The van der Waals surface area contributed by atoms with Gasteiger partial charge in [-0.15, -0.1) is 0 Å². The largest absolute Gasteiger partial charge is 0.376 e. The number of carbonyl (C=O) groups excluding carboxylic acids is 1. The summed E-state index contributed by atoms with van der Waals surface area (Å²) < 4.78 is 13.2. The molecule has 0 aliphatic rings. The zero-order valence-corrected chi connectivity index (χ0v) is 12.4. The SMILES string of the molecule is CC(C)CCNC(=O)CNc1cc(Cl)c(F)c(Cl)c1. The van der Waals surface area contributed by atoms with E-state index in [0.29, 0.717) is 18.2 Å². The van der Waals surface area contributed by atoms with Crippen molar-refractivity contribution in [2.75, 3.05) is 18.4 Å². The number of hydrogen-bond donors (Lipinski definition) is 2. The van der Waals surface area contributed by atoms with Gasteiger partial charge in [-0.25, -0.2) is 4.39 Å². The summed E-state index contributed by atoms with van der Waals surface area (Å²) in [4.78, 5) is 11.5. The number of nitrogens with one attached hydrogen (secondary N) is 2. The van der Waals surface area contributed by atoms with Crippen molar-refractivity contribution in [3.63, 3.8) is 0 Å². The van der Waals surface area contributed by atoms with Crippen LogP contribution in [0.3, 0.4) is 0 Å². The van der Waals surface area contributed by atoms with Crippen LogP contribution in [-0.4, -0.2) is 19.0 Å². The topological polar surface area (TPSA) is 41.1 Å². The van der Waals surface area contributed by atoms with Crippen LogP contribution in [0.2, 0.25) is 10.0 Å². The molecule has 1 aromatic rings. The fourth-order valence-corrected chi connectivity index (χ4v) is 1.89. The third-order valence-corrected chi connectivity index (χ3v) is 3.03. The third-order valence-electron chi connectivity index (χ3n) is 2.48. The number of hydrogen-bond acceptors (Lipinski definition) is 2. The van der Waals surface area contributed by atoms with Gasteiger partial charge in [-0.1, -0.05) is 37.0 Å². The zero-order valence-electron chi connectivity index (χ0n) is 10.9. The van der Waals surface area contributed by atoms with Crippen LogP contribution < -0.4 is 10.6 Å². The summed E-state index contributed by atoms with van der Waals surface area (Å²) in [5, 5.41) is 5.48. The Kier molecular flexibility index (Phi) is 6.38. The van der Waals surface area contributed by atoms with Gasteiger partial charge in [-0.2, -0.15) is 0 Å². The van der Waals surface area contributed by atoms with E-state index in [1.54, 1.807) is 0 Å². The minimum atomic E-state index is -0.657. The van der Waals surface area contributed by atoms with Crippen LogP contribution in [0, 0.1) is 11.7 Å². The maximum absolute atomic E-state index is 13.2. The summed E-state index contributed by atoms with van der Waals surface area (Å²) in [6, 6.07) is 2.79. The molecule has 0 aliphatic carbocycles. The monoisotopic (exact) mass is 306 g/mol. The lowest BCUT2D eigenvalue weighted by atomic mass is 10.1. The first-order valence-electron chi connectivity index (χ1n) is 6.05. The maximum atomic E-state index is 13.2. The number of halogens is 3. The summed E-state index contributed by atoms with van der Waals surface area (Å²) in [7, 11) is 0. The Morgan fingerprint density at radius 2 is 1.89 bits per heavy atom. The van der Waals surface area contributed by atoms with Crippen molar-refractivity contribution in [3.05, 3.63) is 28.0 Å². The number of rotatable bonds is 6. The van der Waals surface area contributed by atoms with Crippen molar-refractivity contribution in [3.8, 4) is 0 Å². The Labute approximate surface area is 122 Å². The summed E-state index contributed by atoms with van der Waals surface area (Å²) >= 11 is 11.3. The molecule has 0 heterocycles. The smallest absolute Gasteiger partial charge is 0.239 e. The van der Waals surface area contributed by atoms with Crippen LogP contribution in [0.25, 0.3) is 0 Å². The number of anilines is 1. The molecular weight excluding hydrogens is 290 g/mol. The first kappa shape index (κ1) is 16.1. The van der Waals surface area contributed by atoms with Crippen molar-refractivity contribution in [1.29, 1.82) is 0 Å². The Bertz CT molecular complexity index is 429. The van der Waals surface area contributed by atoms with E-state index in [-0.39, 0.29) is 22.5 Å². The van der Waals surface area contributed by atoms with E-state index in [9.17, 15) is 9.18 Å². The number of carbonyl (C=O) groups is 1. The van der Waals surface area contributed by atoms with Crippen molar-refractivity contribution < 1.29 is 9.18 Å². The maximum Gasteiger partial charge on any atom is 0.239 e. The summed E-state index contributed by atoms with van der Waals surface area (Å²) in [5.74, 6) is -0.240. The second-order valence-corrected chi connectivity index (χ2v) is 5.45. The van der Waals surface area contributed by atoms with E-state index < -0.39 is 5.82 Å². The van der Waals surface area contributed by atoms with Crippen LogP contribution in [0.1, 0.15) is 20.3 Å². The molecule has 6 heteroatoms. The van der Waals surface area contributed by atoms with E-state index in [2.05, 4.69) is 24.5 Å². The van der Waals surface area contributed by atoms with Gasteiger partial charge in [0.05, 0.1) is 16.6 Å². The van der Waals surface area contributed by atoms with Gasteiger partial charge in [0.2, 0.25) is 5.91 Å². The number of amides is 1. The first-order chi connectivity index (χ1) is 8.90. The van der Waals surface area contributed by atoms with Crippen molar-refractivity contribution >= 4 is 34.8 Å².